The van der Waals surface area contributed by atoms with Gasteiger partial charge in [0.1, 0.15) is 11.7 Å². The predicted octanol–water partition coefficient (Wildman–Crippen LogP) is 3.76. The van der Waals surface area contributed by atoms with Crippen LogP contribution in [0.5, 0.6) is 0 Å². The Morgan fingerprint density at radius 1 is 1.14 bits per heavy atom. The highest BCUT2D eigenvalue weighted by Gasteiger charge is 2.21. The fourth-order valence-corrected chi connectivity index (χ4v) is 3.20. The van der Waals surface area contributed by atoms with Crippen molar-refractivity contribution >= 4 is 38.3 Å². The molecule has 0 aliphatic carbocycles. The zero-order valence-electron chi connectivity index (χ0n) is 11.1. The van der Waals surface area contributed by atoms with Gasteiger partial charge in [-0.15, -0.1) is 0 Å². The molecule has 0 amide bonds. The van der Waals surface area contributed by atoms with E-state index in [0.29, 0.717) is 16.0 Å². The first-order chi connectivity index (χ1) is 10.5. The third-order valence-electron chi connectivity index (χ3n) is 3.01. The molecule has 110 valence electrons. The summed E-state index contributed by atoms with van der Waals surface area (Å²) in [6.45, 7) is 0. The molecule has 0 spiro atoms. The van der Waals surface area contributed by atoms with Crippen LogP contribution < -0.4 is 4.72 Å². The average Bonchev–Trinajstić information content (AvgIpc) is 2.92. The van der Waals surface area contributed by atoms with Crippen LogP contribution in [0.25, 0.3) is 11.0 Å². The molecule has 1 aromatic heterocycles. The topological polar surface area (TPSA) is 83.1 Å². The second kappa shape index (κ2) is 5.37. The van der Waals surface area contributed by atoms with Crippen LogP contribution in [0.3, 0.4) is 0 Å². The summed E-state index contributed by atoms with van der Waals surface area (Å²) in [5.74, 6) is 0. The van der Waals surface area contributed by atoms with E-state index in [9.17, 15) is 8.42 Å². The molecule has 0 radical (unpaired) electrons. The third-order valence-corrected chi connectivity index (χ3v) is 4.47. The number of anilines is 1. The second-order valence-electron chi connectivity index (χ2n) is 4.51. The van der Waals surface area contributed by atoms with Crippen molar-refractivity contribution in [1.29, 1.82) is 5.26 Å². The normalized spacial score (nSPS) is 11.3. The Hall–Kier alpha value is -2.49. The summed E-state index contributed by atoms with van der Waals surface area (Å²) in [4.78, 5) is 0. The van der Waals surface area contributed by atoms with Crippen LogP contribution in [0.2, 0.25) is 5.02 Å². The van der Waals surface area contributed by atoms with Crippen molar-refractivity contribution < 1.29 is 12.8 Å². The van der Waals surface area contributed by atoms with Gasteiger partial charge in [0.15, 0.2) is 0 Å². The molecule has 3 rings (SSSR count). The minimum Gasteiger partial charge on any atom is -0.443 e. The largest absolute Gasteiger partial charge is 0.443 e. The van der Waals surface area contributed by atoms with E-state index in [4.69, 9.17) is 21.3 Å². The number of sulfonamides is 1. The number of hydrogen-bond donors (Lipinski definition) is 1. The molecule has 0 saturated heterocycles. The number of furan rings is 1. The lowest BCUT2D eigenvalue weighted by molar-refractivity contribution is 0.484. The van der Waals surface area contributed by atoms with Crippen molar-refractivity contribution in [2.24, 2.45) is 0 Å². The van der Waals surface area contributed by atoms with Gasteiger partial charge < -0.3 is 4.42 Å². The standard InChI is InChI=1S/C15H9ClN2O3S/c16-12-6-5-11(9-17)13(8-12)18-22(19,20)15-7-10-3-1-2-4-14(10)21-15/h1-8,18H. The lowest BCUT2D eigenvalue weighted by atomic mass is 10.2. The highest BCUT2D eigenvalue weighted by molar-refractivity contribution is 7.92. The Labute approximate surface area is 131 Å². The molecule has 3 aromatic rings. The van der Waals surface area contributed by atoms with Crippen molar-refractivity contribution in [3.8, 4) is 6.07 Å². The molecule has 22 heavy (non-hydrogen) atoms. The molecule has 0 fully saturated rings. The number of hydrogen-bond acceptors (Lipinski definition) is 4. The van der Waals surface area contributed by atoms with Crippen LogP contribution in [-0.4, -0.2) is 8.42 Å². The molecule has 5 nitrogen and oxygen atoms in total. The van der Waals surface area contributed by atoms with Crippen LogP contribution in [0.15, 0.2) is 58.0 Å². The fourth-order valence-electron chi connectivity index (χ4n) is 1.98. The Bertz CT molecular complexity index is 970. The smallest absolute Gasteiger partial charge is 0.295 e. The zero-order chi connectivity index (χ0) is 15.7. The second-order valence-corrected chi connectivity index (χ2v) is 6.56. The fraction of sp³-hybridized carbons (Fsp3) is 0. The number of benzene rings is 2. The molecule has 0 saturated carbocycles. The van der Waals surface area contributed by atoms with Crippen molar-refractivity contribution in [3.63, 3.8) is 0 Å². The number of rotatable bonds is 3. The molecule has 1 heterocycles. The number of nitriles is 1. The monoisotopic (exact) mass is 332 g/mol. The number of halogens is 1. The molecule has 0 bridgehead atoms. The predicted molar refractivity (Wildman–Crippen MR) is 83.2 cm³/mol. The highest BCUT2D eigenvalue weighted by Crippen LogP contribution is 2.27. The lowest BCUT2D eigenvalue weighted by Gasteiger charge is -2.07. The first kappa shape index (κ1) is 14.4. The van der Waals surface area contributed by atoms with Crippen LogP contribution in [-0.2, 0) is 10.0 Å². The zero-order valence-corrected chi connectivity index (χ0v) is 12.6. The summed E-state index contributed by atoms with van der Waals surface area (Å²) in [7, 11) is -3.95. The lowest BCUT2D eigenvalue weighted by Crippen LogP contribution is -2.13. The minimum atomic E-state index is -3.95. The molecule has 1 N–H and O–H groups in total. The summed E-state index contributed by atoms with van der Waals surface area (Å²) < 4.78 is 32.5. The van der Waals surface area contributed by atoms with Crippen LogP contribution >= 0.6 is 11.6 Å². The first-order valence-electron chi connectivity index (χ1n) is 6.21. The molecule has 7 heteroatoms. The molecular formula is C15H9ClN2O3S. The quantitative estimate of drug-likeness (QED) is 0.791. The maximum absolute atomic E-state index is 12.4. The Morgan fingerprint density at radius 2 is 1.91 bits per heavy atom. The van der Waals surface area contributed by atoms with E-state index < -0.39 is 10.0 Å². The molecule has 0 aliphatic heterocycles. The van der Waals surface area contributed by atoms with E-state index in [2.05, 4.69) is 4.72 Å². The first-order valence-corrected chi connectivity index (χ1v) is 8.07. The van der Waals surface area contributed by atoms with E-state index in [0.717, 1.165) is 0 Å². The Morgan fingerprint density at radius 3 is 2.64 bits per heavy atom. The molecular weight excluding hydrogens is 324 g/mol. The van der Waals surface area contributed by atoms with E-state index in [1.807, 2.05) is 6.07 Å². The van der Waals surface area contributed by atoms with Gasteiger partial charge in [-0.2, -0.15) is 13.7 Å². The van der Waals surface area contributed by atoms with Gasteiger partial charge in [-0.05, 0) is 24.3 Å². The molecule has 0 atom stereocenters. The van der Waals surface area contributed by atoms with Gasteiger partial charge in [-0.3, -0.25) is 4.72 Å². The van der Waals surface area contributed by atoms with Crippen LogP contribution in [0.4, 0.5) is 5.69 Å². The summed E-state index contributed by atoms with van der Waals surface area (Å²) in [5, 5.41) is 9.81. The number of para-hydroxylation sites is 1. The van der Waals surface area contributed by atoms with Gasteiger partial charge in [0.2, 0.25) is 5.09 Å². The Balaban J connectivity index is 2.04. The maximum atomic E-state index is 12.4. The highest BCUT2D eigenvalue weighted by atomic mass is 35.5. The summed E-state index contributed by atoms with van der Waals surface area (Å²) >= 11 is 5.85. The average molecular weight is 333 g/mol. The Kier molecular flexibility index (Phi) is 3.53. The van der Waals surface area contributed by atoms with Crippen molar-refractivity contribution in [2.45, 2.75) is 5.09 Å². The van der Waals surface area contributed by atoms with Crippen LogP contribution in [0, 0.1) is 11.3 Å². The number of nitrogens with one attached hydrogen (secondary N) is 1. The van der Waals surface area contributed by atoms with Gasteiger partial charge in [0.25, 0.3) is 10.0 Å². The van der Waals surface area contributed by atoms with Gasteiger partial charge in [0, 0.05) is 16.5 Å². The van der Waals surface area contributed by atoms with E-state index >= 15 is 0 Å². The van der Waals surface area contributed by atoms with Gasteiger partial charge in [-0.25, -0.2) is 0 Å². The van der Waals surface area contributed by atoms with Gasteiger partial charge >= 0.3 is 0 Å². The number of fused-ring (bicyclic) bond motifs is 1. The van der Waals surface area contributed by atoms with E-state index in [-0.39, 0.29) is 16.3 Å². The van der Waals surface area contributed by atoms with Crippen LogP contribution in [0.1, 0.15) is 5.56 Å². The van der Waals surface area contributed by atoms with E-state index in [1.54, 1.807) is 24.3 Å². The molecule has 0 aliphatic rings. The summed E-state index contributed by atoms with van der Waals surface area (Å²) in [6, 6.07) is 14.6. The van der Waals surface area contributed by atoms with Gasteiger partial charge in [-0.1, -0.05) is 29.8 Å². The van der Waals surface area contributed by atoms with Gasteiger partial charge in [0.05, 0.1) is 11.3 Å². The van der Waals surface area contributed by atoms with Crippen molar-refractivity contribution in [1.82, 2.24) is 0 Å². The molecule has 0 unspecified atom stereocenters. The van der Waals surface area contributed by atoms with Crippen molar-refractivity contribution in [3.05, 3.63) is 59.1 Å². The summed E-state index contributed by atoms with van der Waals surface area (Å²) in [6.07, 6.45) is 0. The minimum absolute atomic E-state index is 0.107. The SMILES string of the molecule is N#Cc1ccc(Cl)cc1NS(=O)(=O)c1cc2ccccc2o1. The third kappa shape index (κ3) is 2.64. The number of nitrogens with zero attached hydrogens (tertiary/aromatic N) is 1. The van der Waals surface area contributed by atoms with Crippen molar-refractivity contribution in [2.75, 3.05) is 4.72 Å². The molecule has 2 aromatic carbocycles. The summed E-state index contributed by atoms with van der Waals surface area (Å²) in [5.41, 5.74) is 0.744. The van der Waals surface area contributed by atoms with E-state index in [1.165, 1.54) is 24.3 Å². The maximum Gasteiger partial charge on any atom is 0.295 e.